The van der Waals surface area contributed by atoms with Crippen LogP contribution in [0.1, 0.15) is 50.5 Å². The maximum absolute atomic E-state index is 5.87. The molecule has 1 saturated carbocycles. The summed E-state index contributed by atoms with van der Waals surface area (Å²) in [5.41, 5.74) is 0.593. The number of nitrogens with one attached hydrogen (secondary N) is 1. The van der Waals surface area contributed by atoms with Crippen molar-refractivity contribution in [3.8, 4) is 0 Å². The molecule has 1 fully saturated rings. The highest BCUT2D eigenvalue weighted by Gasteiger charge is 2.37. The Hall–Kier alpha value is -0.470. The number of halogens is 1. The molecule has 0 amide bonds. The lowest BCUT2D eigenvalue weighted by Crippen LogP contribution is -2.34. The van der Waals surface area contributed by atoms with Crippen LogP contribution in [0.2, 0.25) is 0 Å². The van der Waals surface area contributed by atoms with E-state index in [-0.39, 0.29) is 5.60 Å². The van der Waals surface area contributed by atoms with Gasteiger partial charge in [-0.2, -0.15) is 0 Å². The average Bonchev–Trinajstić information content (AvgIpc) is 2.52. The molecule has 1 aliphatic carbocycles. The molecule has 1 N–H and O–H groups in total. The first kappa shape index (κ1) is 16.9. The van der Waals surface area contributed by atoms with Crippen molar-refractivity contribution in [2.75, 3.05) is 26.1 Å². The first-order valence-corrected chi connectivity index (χ1v) is 8.59. The van der Waals surface area contributed by atoms with Crippen LogP contribution in [0.3, 0.4) is 0 Å². The van der Waals surface area contributed by atoms with Crippen LogP contribution in [-0.4, -0.2) is 30.7 Å². The van der Waals surface area contributed by atoms with E-state index in [1.54, 1.807) is 14.2 Å². The molecule has 0 spiro atoms. The summed E-state index contributed by atoms with van der Waals surface area (Å²) in [6, 6.07) is 0. The zero-order valence-corrected chi connectivity index (χ0v) is 15.2. The van der Waals surface area contributed by atoms with E-state index < -0.39 is 0 Å². The van der Waals surface area contributed by atoms with Gasteiger partial charge in [0.05, 0.1) is 15.9 Å². The summed E-state index contributed by atoms with van der Waals surface area (Å²) in [5.74, 6) is 1.69. The Balaban J connectivity index is 2.45. The number of anilines is 1. The van der Waals surface area contributed by atoms with Gasteiger partial charge in [0.15, 0.2) is 5.82 Å². The summed E-state index contributed by atoms with van der Waals surface area (Å²) in [6.07, 6.45) is 5.57. The minimum atomic E-state index is -0.338. The quantitative estimate of drug-likeness (QED) is 0.735. The Labute approximate surface area is 140 Å². The molecule has 0 saturated heterocycles. The van der Waals surface area contributed by atoms with Crippen molar-refractivity contribution < 1.29 is 9.47 Å². The smallest absolute Gasteiger partial charge is 0.163 e. The van der Waals surface area contributed by atoms with Gasteiger partial charge in [-0.3, -0.25) is 0 Å². The minimum absolute atomic E-state index is 0.338. The fourth-order valence-corrected chi connectivity index (χ4v) is 3.44. The third-order valence-corrected chi connectivity index (χ3v) is 5.14. The molecular weight excluding hydrogens is 381 g/mol. The molecule has 1 heterocycles. The normalized spacial score (nSPS) is 17.7. The Kier molecular flexibility index (Phi) is 6.19. The molecule has 0 atom stereocenters. The predicted octanol–water partition coefficient (Wildman–Crippen LogP) is 3.47. The van der Waals surface area contributed by atoms with Gasteiger partial charge in [-0.1, -0.05) is 19.3 Å². The molecule has 21 heavy (non-hydrogen) atoms. The Morgan fingerprint density at radius 2 is 1.90 bits per heavy atom. The molecule has 0 radical (unpaired) electrons. The number of methoxy groups -OCH3 is 2. The number of hydrogen-bond acceptors (Lipinski definition) is 5. The minimum Gasteiger partial charge on any atom is -0.378 e. The third kappa shape index (κ3) is 3.65. The van der Waals surface area contributed by atoms with Crippen molar-refractivity contribution in [2.24, 2.45) is 0 Å². The van der Waals surface area contributed by atoms with Crippen molar-refractivity contribution in [1.82, 2.24) is 9.97 Å². The van der Waals surface area contributed by atoms with E-state index in [1.807, 2.05) is 0 Å². The van der Waals surface area contributed by atoms with Crippen LogP contribution in [0.5, 0.6) is 0 Å². The molecule has 1 aromatic rings. The topological polar surface area (TPSA) is 56.3 Å². The van der Waals surface area contributed by atoms with Gasteiger partial charge in [-0.15, -0.1) is 0 Å². The van der Waals surface area contributed by atoms with Crippen LogP contribution in [0.15, 0.2) is 0 Å². The van der Waals surface area contributed by atoms with E-state index in [0.717, 1.165) is 40.3 Å². The second-order valence-electron chi connectivity index (χ2n) is 5.38. The number of ether oxygens (including phenoxy) is 2. The van der Waals surface area contributed by atoms with Gasteiger partial charge in [-0.05, 0) is 42.4 Å². The maximum Gasteiger partial charge on any atom is 0.163 e. The Morgan fingerprint density at radius 1 is 1.19 bits per heavy atom. The Morgan fingerprint density at radius 3 is 2.48 bits per heavy atom. The lowest BCUT2D eigenvalue weighted by atomic mass is 9.84. The van der Waals surface area contributed by atoms with Crippen molar-refractivity contribution in [2.45, 2.75) is 51.2 Å². The van der Waals surface area contributed by atoms with Gasteiger partial charge in [0, 0.05) is 20.8 Å². The molecule has 118 valence electrons. The molecule has 0 aromatic carbocycles. The lowest BCUT2D eigenvalue weighted by Gasteiger charge is -2.35. The molecule has 0 bridgehead atoms. The highest BCUT2D eigenvalue weighted by molar-refractivity contribution is 14.1. The van der Waals surface area contributed by atoms with Crippen LogP contribution >= 0.6 is 22.6 Å². The standard InChI is InChI=1S/C15H24IN3O2/c1-4-17-13-12(16)11(10-20-2)18-14(19-13)15(21-3)8-6-5-7-9-15/h4-10H2,1-3H3,(H,17,18,19). The van der Waals surface area contributed by atoms with E-state index in [9.17, 15) is 0 Å². The largest absolute Gasteiger partial charge is 0.378 e. The average molecular weight is 405 g/mol. The van der Waals surface area contributed by atoms with E-state index in [4.69, 9.17) is 19.4 Å². The van der Waals surface area contributed by atoms with Crippen LogP contribution in [0.4, 0.5) is 5.82 Å². The zero-order chi connectivity index (χ0) is 15.3. The van der Waals surface area contributed by atoms with E-state index in [1.165, 1.54) is 19.3 Å². The lowest BCUT2D eigenvalue weighted by molar-refractivity contribution is -0.0517. The van der Waals surface area contributed by atoms with Crippen LogP contribution in [0.25, 0.3) is 0 Å². The fourth-order valence-electron chi connectivity index (χ4n) is 2.86. The monoisotopic (exact) mass is 405 g/mol. The molecule has 1 aromatic heterocycles. The zero-order valence-electron chi connectivity index (χ0n) is 13.0. The van der Waals surface area contributed by atoms with Gasteiger partial charge in [0.2, 0.25) is 0 Å². The van der Waals surface area contributed by atoms with Gasteiger partial charge >= 0.3 is 0 Å². The summed E-state index contributed by atoms with van der Waals surface area (Å²) in [4.78, 5) is 9.52. The number of rotatable bonds is 6. The van der Waals surface area contributed by atoms with Crippen LogP contribution in [0, 0.1) is 3.57 Å². The summed E-state index contributed by atoms with van der Waals surface area (Å²) in [6.45, 7) is 3.39. The SMILES string of the molecule is CCNc1nc(C2(OC)CCCCC2)nc(COC)c1I. The van der Waals surface area contributed by atoms with E-state index in [0.29, 0.717) is 6.61 Å². The van der Waals surface area contributed by atoms with Gasteiger partial charge in [0.1, 0.15) is 11.4 Å². The van der Waals surface area contributed by atoms with Crippen LogP contribution < -0.4 is 5.32 Å². The first-order valence-electron chi connectivity index (χ1n) is 7.51. The molecule has 5 nitrogen and oxygen atoms in total. The third-order valence-electron chi connectivity index (χ3n) is 4.00. The molecular formula is C15H24IN3O2. The molecule has 0 unspecified atom stereocenters. The van der Waals surface area contributed by atoms with E-state index >= 15 is 0 Å². The van der Waals surface area contributed by atoms with Crippen molar-refractivity contribution >= 4 is 28.4 Å². The summed E-state index contributed by atoms with van der Waals surface area (Å²) in [5, 5.41) is 3.33. The van der Waals surface area contributed by atoms with E-state index in [2.05, 4.69) is 34.8 Å². The Bertz CT molecular complexity index is 449. The molecule has 1 aliphatic rings. The van der Waals surface area contributed by atoms with Gasteiger partial charge in [-0.25, -0.2) is 9.97 Å². The van der Waals surface area contributed by atoms with Crippen LogP contribution in [-0.2, 0) is 21.7 Å². The number of hydrogen-bond donors (Lipinski definition) is 1. The number of aromatic nitrogens is 2. The van der Waals surface area contributed by atoms with Gasteiger partial charge < -0.3 is 14.8 Å². The number of nitrogens with zero attached hydrogens (tertiary/aromatic N) is 2. The molecule has 6 heteroatoms. The highest BCUT2D eigenvalue weighted by atomic mass is 127. The second-order valence-corrected chi connectivity index (χ2v) is 6.46. The fraction of sp³-hybridized carbons (Fsp3) is 0.733. The predicted molar refractivity (Wildman–Crippen MR) is 91.4 cm³/mol. The first-order chi connectivity index (χ1) is 10.2. The maximum atomic E-state index is 5.87. The summed E-state index contributed by atoms with van der Waals surface area (Å²) < 4.78 is 12.2. The van der Waals surface area contributed by atoms with Crippen molar-refractivity contribution in [1.29, 1.82) is 0 Å². The molecule has 0 aliphatic heterocycles. The van der Waals surface area contributed by atoms with Crippen molar-refractivity contribution in [3.63, 3.8) is 0 Å². The summed E-state index contributed by atoms with van der Waals surface area (Å²) in [7, 11) is 3.47. The van der Waals surface area contributed by atoms with Crippen molar-refractivity contribution in [3.05, 3.63) is 15.1 Å². The van der Waals surface area contributed by atoms with Gasteiger partial charge in [0.25, 0.3) is 0 Å². The summed E-state index contributed by atoms with van der Waals surface area (Å²) >= 11 is 2.28. The second kappa shape index (κ2) is 7.69. The highest BCUT2D eigenvalue weighted by Crippen LogP contribution is 2.39. The molecule has 2 rings (SSSR count).